The molecule has 0 fully saturated rings. The van der Waals surface area contributed by atoms with Gasteiger partial charge in [-0.05, 0) is 29.0 Å². The van der Waals surface area contributed by atoms with Crippen LogP contribution in [0.1, 0.15) is 54.9 Å². The molecule has 9 nitrogen and oxygen atoms in total. The number of carbonyl (C=O) groups is 1. The van der Waals surface area contributed by atoms with Crippen molar-refractivity contribution in [2.45, 2.75) is 43.1 Å². The maximum atomic E-state index is 13.4. The van der Waals surface area contributed by atoms with Crippen LogP contribution in [0.5, 0.6) is 0 Å². The van der Waals surface area contributed by atoms with E-state index in [2.05, 4.69) is 29.6 Å². The highest BCUT2D eigenvalue weighted by molar-refractivity contribution is 7.99. The molecule has 2 aromatic carbocycles. The molecule has 1 unspecified atom stereocenters. The maximum Gasteiger partial charge on any atom is 0.433 e. The van der Waals surface area contributed by atoms with Gasteiger partial charge in [0.2, 0.25) is 11.1 Å². The lowest BCUT2D eigenvalue weighted by atomic mass is 9.73. The van der Waals surface area contributed by atoms with E-state index < -0.39 is 11.0 Å². The highest BCUT2D eigenvalue weighted by Crippen LogP contribution is 2.47. The number of furan rings is 1. The van der Waals surface area contributed by atoms with Gasteiger partial charge in [-0.2, -0.15) is 4.98 Å². The number of rotatable bonds is 6. The molecule has 1 N–H and O–H groups in total. The number of carbonyl (C=O) groups excluding carboxylic acids is 1. The molecule has 2 aliphatic rings. The van der Waals surface area contributed by atoms with Gasteiger partial charge in [-0.25, -0.2) is 4.68 Å². The van der Waals surface area contributed by atoms with E-state index in [0.717, 1.165) is 16.8 Å². The average Bonchev–Trinajstić information content (AvgIpc) is 3.54. The molecular formula is C28H25N5O4S. The van der Waals surface area contributed by atoms with Gasteiger partial charge in [-0.15, -0.1) is 5.10 Å². The van der Waals surface area contributed by atoms with Gasteiger partial charge >= 0.3 is 5.88 Å². The number of allylic oxidation sites excluding steroid dienone is 2. The number of nitrogens with zero attached hydrogens (tertiary/aromatic N) is 4. The standard InChI is InChI=1S/C28H25N5O4S/c1-28(2)15-19-23(20(34)16-28)24(21-13-14-22(37-21)33(35)36)32-26(29-19)30-27(31-32)38-25(17-9-5-3-6-10-17)18-11-7-4-8-12-18/h3-14,24-25H,15-16H2,1-2H3,(H,29,30,31). The van der Waals surface area contributed by atoms with Crippen LogP contribution < -0.4 is 5.32 Å². The number of nitro groups is 1. The van der Waals surface area contributed by atoms with Gasteiger partial charge in [0.15, 0.2) is 5.78 Å². The molecule has 0 amide bonds. The Morgan fingerprint density at radius 3 is 2.32 bits per heavy atom. The number of benzene rings is 2. The Morgan fingerprint density at radius 1 is 1.05 bits per heavy atom. The van der Waals surface area contributed by atoms with Crippen LogP contribution in [0.25, 0.3) is 0 Å². The van der Waals surface area contributed by atoms with Gasteiger partial charge < -0.3 is 9.73 Å². The molecule has 0 saturated carbocycles. The quantitative estimate of drug-likeness (QED) is 0.176. The third-order valence-electron chi connectivity index (χ3n) is 6.80. The summed E-state index contributed by atoms with van der Waals surface area (Å²) < 4.78 is 7.23. The smallest absolute Gasteiger partial charge is 0.403 e. The zero-order valence-electron chi connectivity index (χ0n) is 20.8. The minimum atomic E-state index is -0.743. The van der Waals surface area contributed by atoms with E-state index in [4.69, 9.17) is 14.5 Å². The number of nitrogens with one attached hydrogen (secondary N) is 1. The second kappa shape index (κ2) is 9.29. The lowest BCUT2D eigenvalue weighted by molar-refractivity contribution is -0.402. The van der Waals surface area contributed by atoms with Crippen LogP contribution in [0, 0.1) is 15.5 Å². The SMILES string of the molecule is CC1(C)CC(=O)C2=C(C1)Nc1nc(SC(c3ccccc3)c3ccccc3)nn1C2c1ccc([N+](=O)[O-])o1. The Hall–Kier alpha value is -4.18. The van der Waals surface area contributed by atoms with Crippen molar-refractivity contribution in [2.24, 2.45) is 5.41 Å². The van der Waals surface area contributed by atoms with E-state index in [0.29, 0.717) is 29.5 Å². The Bertz CT molecular complexity index is 1520. The normalized spacial score (nSPS) is 18.2. The van der Waals surface area contributed by atoms with Crippen molar-refractivity contribution < 1.29 is 14.1 Å². The Balaban J connectivity index is 1.43. The molecule has 3 heterocycles. The fourth-order valence-electron chi connectivity index (χ4n) is 5.18. The van der Waals surface area contributed by atoms with E-state index in [9.17, 15) is 14.9 Å². The summed E-state index contributed by atoms with van der Waals surface area (Å²) in [5.74, 6) is 0.341. The number of thioether (sulfide) groups is 1. The molecule has 192 valence electrons. The summed E-state index contributed by atoms with van der Waals surface area (Å²) in [5.41, 5.74) is 3.27. The summed E-state index contributed by atoms with van der Waals surface area (Å²) in [7, 11) is 0. The summed E-state index contributed by atoms with van der Waals surface area (Å²) in [5, 5.41) is 20.0. The van der Waals surface area contributed by atoms with Gasteiger partial charge in [0.05, 0.1) is 11.3 Å². The molecule has 38 heavy (non-hydrogen) atoms. The van der Waals surface area contributed by atoms with Gasteiger partial charge in [0.1, 0.15) is 16.7 Å². The first-order valence-corrected chi connectivity index (χ1v) is 13.2. The summed E-state index contributed by atoms with van der Waals surface area (Å²) in [6.45, 7) is 4.10. The van der Waals surface area contributed by atoms with Crippen molar-refractivity contribution in [3.63, 3.8) is 0 Å². The number of ketones is 1. The Kier molecular flexibility index (Phi) is 5.91. The Labute approximate surface area is 223 Å². The van der Waals surface area contributed by atoms with Crippen LogP contribution in [0.4, 0.5) is 11.8 Å². The number of hydrogen-bond acceptors (Lipinski definition) is 8. The van der Waals surface area contributed by atoms with Crippen molar-refractivity contribution in [1.82, 2.24) is 14.8 Å². The van der Waals surface area contributed by atoms with Crippen molar-refractivity contribution in [2.75, 3.05) is 5.32 Å². The van der Waals surface area contributed by atoms with Crippen LogP contribution in [-0.4, -0.2) is 25.5 Å². The first-order chi connectivity index (χ1) is 18.3. The molecule has 10 heteroatoms. The number of Topliss-reactive ketones (excluding diaryl/α,β-unsaturated/α-hetero) is 1. The third-order valence-corrected chi connectivity index (χ3v) is 7.97. The van der Waals surface area contributed by atoms with Crippen molar-refractivity contribution >= 4 is 29.4 Å². The van der Waals surface area contributed by atoms with E-state index in [1.807, 2.05) is 50.2 Å². The third kappa shape index (κ3) is 4.41. The highest BCUT2D eigenvalue weighted by Gasteiger charge is 2.43. The molecule has 0 bridgehead atoms. The summed E-state index contributed by atoms with van der Waals surface area (Å²) >= 11 is 1.50. The fourth-order valence-corrected chi connectivity index (χ4v) is 6.25. The topological polar surface area (TPSA) is 116 Å². The van der Waals surface area contributed by atoms with Gasteiger partial charge in [-0.1, -0.05) is 86.3 Å². The summed E-state index contributed by atoms with van der Waals surface area (Å²) in [4.78, 5) is 29.0. The fraction of sp³-hybridized carbons (Fsp3) is 0.250. The lowest BCUT2D eigenvalue weighted by Gasteiger charge is -2.37. The molecule has 1 aliphatic heterocycles. The zero-order chi connectivity index (χ0) is 26.4. The molecule has 1 aliphatic carbocycles. The van der Waals surface area contributed by atoms with Crippen LogP contribution in [-0.2, 0) is 4.79 Å². The first kappa shape index (κ1) is 24.2. The zero-order valence-corrected chi connectivity index (χ0v) is 21.6. The molecule has 0 saturated heterocycles. The molecule has 0 spiro atoms. The summed E-state index contributed by atoms with van der Waals surface area (Å²) in [6, 6.07) is 22.4. The molecule has 1 atom stereocenters. The maximum absolute atomic E-state index is 13.4. The number of aromatic nitrogens is 3. The number of fused-ring (bicyclic) bond motifs is 1. The van der Waals surface area contributed by atoms with E-state index >= 15 is 0 Å². The van der Waals surface area contributed by atoms with Crippen molar-refractivity contribution in [1.29, 1.82) is 0 Å². The lowest BCUT2D eigenvalue weighted by Crippen LogP contribution is -2.36. The molecule has 6 rings (SSSR count). The van der Waals surface area contributed by atoms with Gasteiger partial charge in [0, 0.05) is 17.7 Å². The minimum absolute atomic E-state index is 0.0328. The predicted octanol–water partition coefficient (Wildman–Crippen LogP) is 6.32. The Morgan fingerprint density at radius 2 is 1.71 bits per heavy atom. The molecule has 4 aromatic rings. The monoisotopic (exact) mass is 527 g/mol. The van der Waals surface area contributed by atoms with Crippen LogP contribution in [0.15, 0.2) is 93.6 Å². The average molecular weight is 528 g/mol. The second-order valence-electron chi connectivity index (χ2n) is 10.3. The van der Waals surface area contributed by atoms with Crippen LogP contribution in [0.3, 0.4) is 0 Å². The number of anilines is 1. The predicted molar refractivity (Wildman–Crippen MR) is 143 cm³/mol. The second-order valence-corrected chi connectivity index (χ2v) is 11.3. The molecule has 2 aromatic heterocycles. The highest BCUT2D eigenvalue weighted by atomic mass is 32.2. The minimum Gasteiger partial charge on any atom is -0.403 e. The van der Waals surface area contributed by atoms with E-state index in [1.165, 1.54) is 17.8 Å². The van der Waals surface area contributed by atoms with E-state index in [1.54, 1.807) is 10.7 Å². The van der Waals surface area contributed by atoms with E-state index in [-0.39, 0.29) is 28.1 Å². The van der Waals surface area contributed by atoms with Crippen LogP contribution in [0.2, 0.25) is 0 Å². The number of hydrogen-bond donors (Lipinski definition) is 1. The largest absolute Gasteiger partial charge is 0.433 e. The molecular weight excluding hydrogens is 502 g/mol. The summed E-state index contributed by atoms with van der Waals surface area (Å²) in [6.07, 6.45) is 1.00. The first-order valence-electron chi connectivity index (χ1n) is 12.3. The van der Waals surface area contributed by atoms with Crippen molar-refractivity contribution in [3.05, 3.63) is 111 Å². The van der Waals surface area contributed by atoms with Crippen LogP contribution >= 0.6 is 11.8 Å². The van der Waals surface area contributed by atoms with Gasteiger partial charge in [-0.3, -0.25) is 14.9 Å². The van der Waals surface area contributed by atoms with Gasteiger partial charge in [0.25, 0.3) is 0 Å². The molecule has 0 radical (unpaired) electrons. The van der Waals surface area contributed by atoms with Crippen molar-refractivity contribution in [3.8, 4) is 0 Å².